The molecule has 718 valence electrons. The van der Waals surface area contributed by atoms with Gasteiger partial charge in [-0.15, -0.1) is 0 Å². The third-order valence-electron chi connectivity index (χ3n) is 25.6. The van der Waals surface area contributed by atoms with Crippen molar-refractivity contribution in [1.29, 1.82) is 0 Å². The highest BCUT2D eigenvalue weighted by Gasteiger charge is 2.51. The van der Waals surface area contributed by atoms with Crippen molar-refractivity contribution in [2.45, 2.75) is 289 Å². The Balaban J connectivity index is 0.000000274. The Hall–Kier alpha value is -9.26. The van der Waals surface area contributed by atoms with Gasteiger partial charge in [0, 0.05) is 30.8 Å². The number of carbonyl (C=O) groups is 4. The Labute approximate surface area is 778 Å². The largest absolute Gasteiger partial charge is 0.497 e. The van der Waals surface area contributed by atoms with Crippen molar-refractivity contribution < 1.29 is 85.5 Å². The summed E-state index contributed by atoms with van der Waals surface area (Å²) < 4.78 is 87.5. The van der Waals surface area contributed by atoms with Crippen LogP contribution in [0.5, 0.6) is 23.0 Å². The molecule has 26 heteroatoms. The van der Waals surface area contributed by atoms with E-state index in [0.29, 0.717) is 70.4 Å². The second-order valence-corrected chi connectivity index (χ2v) is 35.7. The van der Waals surface area contributed by atoms with E-state index < -0.39 is 67.2 Å². The summed E-state index contributed by atoms with van der Waals surface area (Å²) in [5, 5.41) is 22.8. The first-order chi connectivity index (χ1) is 63.7. The van der Waals surface area contributed by atoms with E-state index in [2.05, 4.69) is 90.9 Å². The molecule has 6 amide bonds. The minimum Gasteiger partial charge on any atom is -0.497 e. The third kappa shape index (κ3) is 34.6. The second kappa shape index (κ2) is 56.7. The predicted octanol–water partition coefficient (Wildman–Crippen LogP) is 18.0. The van der Waals surface area contributed by atoms with Gasteiger partial charge in [-0.05, 0) is 162 Å². The summed E-state index contributed by atoms with van der Waals surface area (Å²) >= 11 is 0. The minimum atomic E-state index is -0.943. The quantitative estimate of drug-likeness (QED) is 0.0164. The lowest BCUT2D eigenvalue weighted by atomic mass is 9.82. The van der Waals surface area contributed by atoms with Crippen LogP contribution in [0.25, 0.3) is 0 Å². The summed E-state index contributed by atoms with van der Waals surface area (Å²) in [5.74, 6) is 2.62. The van der Waals surface area contributed by atoms with Crippen LogP contribution in [0.2, 0.25) is 0 Å². The SMILES string of the molecule is CCCCCCCCCCC(=O)N[C@H]1C(COCc2ccc(OC)cc2)OCC(N)[C@H]1O[C@@H]1OC(COCc2ccc(OC)cc2)[C@@H](C)[C@H](C)C1NC(=O)Nc1cccc(C)c1.CCCCCCCCCCC(=O)N[C@H]1C(COCc2ccc(OC)cc2)OCC(NCc2ccccc2)[C@H]1O[C@@H]1OC(COCc2ccc(OC)cc2)[C@@H](C)[C@H](C)C1NC(=O)Nc1cccc(C)c1. The van der Waals surface area contributed by atoms with Gasteiger partial charge in [0.2, 0.25) is 11.8 Å². The number of aryl methyl sites for hydroxylation is 2. The fourth-order valence-corrected chi connectivity index (χ4v) is 17.2. The number of hydrogen-bond donors (Lipinski definition) is 8. The highest BCUT2D eigenvalue weighted by Crippen LogP contribution is 2.38. The van der Waals surface area contributed by atoms with E-state index in [-0.39, 0.29) is 92.2 Å². The number of unbranched alkanes of at least 4 members (excludes halogenated alkanes) is 14. The van der Waals surface area contributed by atoms with Crippen molar-refractivity contribution in [2.24, 2.45) is 29.4 Å². The van der Waals surface area contributed by atoms with Gasteiger partial charge in [-0.25, -0.2) is 9.59 Å². The number of methoxy groups -OCH3 is 4. The maximum atomic E-state index is 14.1. The van der Waals surface area contributed by atoms with E-state index in [1.54, 1.807) is 28.4 Å². The van der Waals surface area contributed by atoms with Crippen molar-refractivity contribution in [2.75, 3.05) is 78.7 Å². The number of urea groups is 2. The van der Waals surface area contributed by atoms with E-state index in [1.165, 1.54) is 64.2 Å². The van der Waals surface area contributed by atoms with Gasteiger partial charge in [0.1, 0.15) is 47.4 Å². The summed E-state index contributed by atoms with van der Waals surface area (Å²) in [7, 11) is 6.57. The number of rotatable bonds is 51. The third-order valence-corrected chi connectivity index (χ3v) is 25.6. The van der Waals surface area contributed by atoms with Gasteiger partial charge in [0.05, 0.1) is 143 Å². The molecule has 9 N–H and O–H groups in total. The second-order valence-electron chi connectivity index (χ2n) is 35.7. The molecule has 7 aromatic rings. The Bertz CT molecular complexity index is 4410. The molecule has 0 aromatic heterocycles. The topological polar surface area (TPSA) is 308 Å². The fraction of sp³-hybridized carbons (Fsp3) is 0.562. The van der Waals surface area contributed by atoms with E-state index >= 15 is 0 Å². The molecule has 18 atom stereocenters. The van der Waals surface area contributed by atoms with E-state index in [9.17, 15) is 19.2 Å². The lowest BCUT2D eigenvalue weighted by Gasteiger charge is -2.49. The van der Waals surface area contributed by atoms with Crippen molar-refractivity contribution in [3.8, 4) is 23.0 Å². The Morgan fingerprint density at radius 1 is 0.374 bits per heavy atom. The number of amides is 6. The van der Waals surface area contributed by atoms with Crippen molar-refractivity contribution in [1.82, 2.24) is 26.6 Å². The van der Waals surface area contributed by atoms with Crippen LogP contribution in [0, 0.1) is 37.5 Å². The van der Waals surface area contributed by atoms with E-state index in [0.717, 1.165) is 100 Å². The smallest absolute Gasteiger partial charge is 0.319 e. The van der Waals surface area contributed by atoms with Crippen LogP contribution in [0.1, 0.15) is 196 Å². The molecule has 4 aliphatic heterocycles. The zero-order chi connectivity index (χ0) is 93.1. The zero-order valence-corrected chi connectivity index (χ0v) is 79.6. The van der Waals surface area contributed by atoms with E-state index in [4.69, 9.17) is 72.0 Å². The number of hydrogen-bond acceptors (Lipinski definition) is 20. The molecular formula is C105H150N8O18. The fourth-order valence-electron chi connectivity index (χ4n) is 17.2. The maximum Gasteiger partial charge on any atom is 0.319 e. The first-order valence-electron chi connectivity index (χ1n) is 47.8. The van der Waals surface area contributed by atoms with Crippen LogP contribution >= 0.6 is 0 Å². The molecule has 4 heterocycles. The highest BCUT2D eigenvalue weighted by atomic mass is 16.7. The molecule has 0 aliphatic carbocycles. The van der Waals surface area contributed by atoms with Crippen molar-refractivity contribution >= 4 is 35.3 Å². The van der Waals surface area contributed by atoms with Crippen LogP contribution in [0.15, 0.2) is 176 Å². The van der Waals surface area contributed by atoms with Gasteiger partial charge < -0.3 is 109 Å². The Morgan fingerprint density at radius 2 is 0.725 bits per heavy atom. The number of nitrogens with two attached hydrogens (primary N) is 1. The standard InChI is InChI=1S/C56H78N4O9.C49H72N4O9/c1-7-8-9-10-11-12-13-17-23-51(61)59-53-50(38-66-35-44-26-30-47(64-6)31-27-44)67-36-48(57-33-42-20-15-14-16-21-42)54(53)69-55-52(60-56(62)58-45-22-18-19-39(2)32-45)41(4)40(3)49(68-55)37-65-34-43-24-28-46(63-5)29-25-43;1-7-8-9-10-11-12-13-14-18-44(54)52-46-43(32-59-29-37-21-25-40(57-6)26-22-37)60-30-41(50)47(46)62-48-45(53-49(55)51-38-17-15-16-33(2)27-38)35(4)34(3)42(61-48)31-58-28-36-19-23-39(56-5)24-20-36/h14-16,18-22,24-32,40-41,48-50,52-55,57H,7-13,17,23,33-38H2,1-6H3,(H,59,61)(H2,58,60,62);15-17,19-27,34-35,41-43,45-48H,7-14,18,28-32,50H2,1-6H3,(H,52,54)(H2,51,53,55)/t40-,41-,48?,49?,50?,52?,53-,54+,55-;34-,35-,41?,42?,43?,45?,46-,47+,48-/m00/s1. The Morgan fingerprint density at radius 3 is 1.10 bits per heavy atom. The Kier molecular flexibility index (Phi) is 44.9. The van der Waals surface area contributed by atoms with Gasteiger partial charge in [-0.1, -0.05) is 235 Å². The molecule has 7 aromatic carbocycles. The molecule has 0 radical (unpaired) electrons. The summed E-state index contributed by atoms with van der Waals surface area (Å²) in [5.41, 5.74) is 15.3. The average Bonchev–Trinajstić information content (AvgIpc) is 0.782. The maximum absolute atomic E-state index is 14.1. The molecule has 26 nitrogen and oxygen atoms in total. The molecule has 131 heavy (non-hydrogen) atoms. The first-order valence-corrected chi connectivity index (χ1v) is 47.8. The number of nitrogens with one attached hydrogen (secondary N) is 7. The molecule has 4 fully saturated rings. The van der Waals surface area contributed by atoms with Crippen molar-refractivity contribution in [3.63, 3.8) is 0 Å². The molecule has 0 saturated carbocycles. The van der Waals surface area contributed by atoms with Crippen molar-refractivity contribution in [3.05, 3.63) is 215 Å². The van der Waals surface area contributed by atoms with Gasteiger partial charge >= 0.3 is 12.1 Å². The minimum absolute atomic E-state index is 0.0282. The summed E-state index contributed by atoms with van der Waals surface area (Å²) in [4.78, 5) is 55.4. The van der Waals surface area contributed by atoms with E-state index in [1.807, 2.05) is 178 Å². The summed E-state index contributed by atoms with van der Waals surface area (Å²) in [6.07, 6.45) is 13.6. The van der Waals surface area contributed by atoms with Gasteiger partial charge in [-0.3, -0.25) is 9.59 Å². The van der Waals surface area contributed by atoms with Gasteiger partial charge in [0.15, 0.2) is 12.6 Å². The van der Waals surface area contributed by atoms with Gasteiger partial charge in [-0.2, -0.15) is 0 Å². The van der Waals surface area contributed by atoms with Crippen LogP contribution in [-0.4, -0.2) is 177 Å². The lowest BCUT2D eigenvalue weighted by Crippen LogP contribution is -2.68. The first kappa shape index (κ1) is 104. The molecule has 4 saturated heterocycles. The summed E-state index contributed by atoms with van der Waals surface area (Å²) in [6.45, 7) is 20.2. The van der Waals surface area contributed by atoms with Crippen LogP contribution in [0.3, 0.4) is 0 Å². The number of carbonyl (C=O) groups excluding carboxylic acids is 4. The average molecular weight is 1810 g/mol. The van der Waals surface area contributed by atoms with Crippen LogP contribution < -0.4 is 61.9 Å². The predicted molar refractivity (Wildman–Crippen MR) is 511 cm³/mol. The molecule has 11 rings (SSSR count). The lowest BCUT2D eigenvalue weighted by molar-refractivity contribution is -0.277. The monoisotopic (exact) mass is 1810 g/mol. The van der Waals surface area contributed by atoms with Crippen LogP contribution in [0.4, 0.5) is 21.0 Å². The zero-order valence-electron chi connectivity index (χ0n) is 79.6. The molecule has 0 spiro atoms. The van der Waals surface area contributed by atoms with Gasteiger partial charge in [0.25, 0.3) is 0 Å². The molecule has 0 bridgehead atoms. The number of anilines is 2. The van der Waals surface area contributed by atoms with Crippen LogP contribution in [-0.2, 0) is 89.9 Å². The summed E-state index contributed by atoms with van der Waals surface area (Å²) in [6, 6.07) is 52.2. The molecule has 4 aliphatic rings. The molecule has 8 unspecified atom stereocenters. The number of ether oxygens (including phenoxy) is 14. The normalized spacial score (nSPS) is 24.1. The number of benzene rings is 7. The molecular weight excluding hydrogens is 1660 g/mol. The highest BCUT2D eigenvalue weighted by molar-refractivity contribution is 5.90.